The van der Waals surface area contributed by atoms with E-state index in [9.17, 15) is 19.5 Å². The number of nitrogens with zero attached hydrogens (tertiary/aromatic N) is 1. The minimum absolute atomic E-state index is 0.0397. The first-order valence-electron chi connectivity index (χ1n) is 11.6. The summed E-state index contributed by atoms with van der Waals surface area (Å²) in [6, 6.07) is 14.9. The number of fused-ring (bicyclic) bond motifs is 5. The number of carbonyl (C=O) groups excluding carboxylic acids is 2. The van der Waals surface area contributed by atoms with E-state index in [0.717, 1.165) is 22.3 Å². The van der Waals surface area contributed by atoms with E-state index in [2.05, 4.69) is 23.4 Å². The number of carbonyl (C=O) groups is 3. The zero-order valence-electron chi connectivity index (χ0n) is 18.7. The van der Waals surface area contributed by atoms with Gasteiger partial charge >= 0.3 is 12.1 Å². The number of amides is 2. The van der Waals surface area contributed by atoms with Gasteiger partial charge in [-0.25, -0.2) is 9.59 Å². The van der Waals surface area contributed by atoms with E-state index in [1.807, 2.05) is 36.4 Å². The molecular formula is C27H26N2O5. The number of benzene rings is 2. The Morgan fingerprint density at radius 1 is 1.09 bits per heavy atom. The van der Waals surface area contributed by atoms with Crippen molar-refractivity contribution in [3.63, 3.8) is 0 Å². The van der Waals surface area contributed by atoms with Crippen molar-refractivity contribution in [1.29, 1.82) is 0 Å². The van der Waals surface area contributed by atoms with E-state index < -0.39 is 29.6 Å². The molecular weight excluding hydrogens is 432 g/mol. The summed E-state index contributed by atoms with van der Waals surface area (Å²) in [4.78, 5) is 39.5. The van der Waals surface area contributed by atoms with Crippen molar-refractivity contribution in [2.24, 2.45) is 0 Å². The molecule has 174 valence electrons. The molecule has 0 radical (unpaired) electrons. The normalized spacial score (nSPS) is 23.0. The number of aliphatic carboxylic acids is 1. The van der Waals surface area contributed by atoms with Gasteiger partial charge in [0.2, 0.25) is 5.91 Å². The van der Waals surface area contributed by atoms with Gasteiger partial charge in [0, 0.05) is 18.4 Å². The number of carboxylic acid groups (broad SMARTS) is 1. The summed E-state index contributed by atoms with van der Waals surface area (Å²) in [7, 11) is 0. The van der Waals surface area contributed by atoms with Gasteiger partial charge in [0.25, 0.3) is 0 Å². The molecule has 2 heterocycles. The van der Waals surface area contributed by atoms with Gasteiger partial charge < -0.3 is 20.1 Å². The molecule has 2 aliphatic heterocycles. The van der Waals surface area contributed by atoms with E-state index in [1.54, 1.807) is 0 Å². The second kappa shape index (κ2) is 8.53. The zero-order chi connectivity index (χ0) is 23.9. The molecule has 0 aromatic heterocycles. The number of hydrogen-bond donors (Lipinski definition) is 2. The lowest BCUT2D eigenvalue weighted by Crippen LogP contribution is -2.57. The van der Waals surface area contributed by atoms with Crippen molar-refractivity contribution in [3.05, 3.63) is 59.7 Å². The van der Waals surface area contributed by atoms with E-state index in [4.69, 9.17) is 11.2 Å². The summed E-state index contributed by atoms with van der Waals surface area (Å²) in [5.41, 5.74) is 3.22. The van der Waals surface area contributed by atoms with E-state index in [1.165, 1.54) is 4.90 Å². The van der Waals surface area contributed by atoms with Crippen LogP contribution in [0.3, 0.4) is 0 Å². The number of rotatable bonds is 6. The predicted octanol–water partition coefficient (Wildman–Crippen LogP) is 3.53. The molecule has 2 N–H and O–H groups in total. The van der Waals surface area contributed by atoms with Crippen molar-refractivity contribution in [3.8, 4) is 23.5 Å². The molecule has 2 aromatic rings. The maximum Gasteiger partial charge on any atom is 0.407 e. The van der Waals surface area contributed by atoms with Crippen molar-refractivity contribution < 1.29 is 24.2 Å². The van der Waals surface area contributed by atoms with Crippen LogP contribution >= 0.6 is 0 Å². The van der Waals surface area contributed by atoms with Crippen LogP contribution in [0.1, 0.15) is 49.1 Å². The van der Waals surface area contributed by atoms with Gasteiger partial charge in [-0.15, -0.1) is 12.3 Å². The fourth-order valence-electron chi connectivity index (χ4n) is 5.90. The Kier molecular flexibility index (Phi) is 5.52. The highest BCUT2D eigenvalue weighted by Crippen LogP contribution is 2.47. The van der Waals surface area contributed by atoms with Crippen LogP contribution in [0.4, 0.5) is 4.79 Å². The number of nitrogens with one attached hydrogen (secondary N) is 1. The minimum atomic E-state index is -1.20. The topological polar surface area (TPSA) is 95.9 Å². The second-order valence-electron chi connectivity index (χ2n) is 9.21. The SMILES string of the molecule is C#CCC(NC(=O)OCC1c2ccccc2-c2ccccc21)C(=O)N1C2CCC1(C(=O)O)CC2. The summed E-state index contributed by atoms with van der Waals surface area (Å²) in [5.74, 6) is 0.872. The van der Waals surface area contributed by atoms with Crippen LogP contribution in [0.5, 0.6) is 0 Å². The van der Waals surface area contributed by atoms with E-state index in [-0.39, 0.29) is 25.0 Å². The monoisotopic (exact) mass is 458 g/mol. The van der Waals surface area contributed by atoms with Crippen LogP contribution in [-0.4, -0.2) is 52.2 Å². The number of carboxylic acids is 1. The Morgan fingerprint density at radius 2 is 1.68 bits per heavy atom. The smallest absolute Gasteiger partial charge is 0.407 e. The Labute approximate surface area is 198 Å². The predicted molar refractivity (Wildman–Crippen MR) is 125 cm³/mol. The molecule has 0 saturated carbocycles. The van der Waals surface area contributed by atoms with Crippen LogP contribution in [-0.2, 0) is 14.3 Å². The Morgan fingerprint density at radius 3 is 2.24 bits per heavy atom. The molecule has 5 rings (SSSR count). The molecule has 7 nitrogen and oxygen atoms in total. The molecule has 1 atom stereocenters. The zero-order valence-corrected chi connectivity index (χ0v) is 18.7. The molecule has 1 unspecified atom stereocenters. The first kappa shape index (κ1) is 22.0. The van der Waals surface area contributed by atoms with E-state index >= 15 is 0 Å². The third kappa shape index (κ3) is 3.41. The molecule has 3 aliphatic rings. The fraction of sp³-hybridized carbons (Fsp3) is 0.370. The summed E-state index contributed by atoms with van der Waals surface area (Å²) in [5, 5.41) is 12.4. The lowest BCUT2D eigenvalue weighted by atomic mass is 9.88. The average molecular weight is 459 g/mol. The first-order chi connectivity index (χ1) is 16.5. The Balaban J connectivity index is 1.29. The van der Waals surface area contributed by atoms with Crippen molar-refractivity contribution in [2.75, 3.05) is 6.61 Å². The number of alkyl carbamates (subject to hydrolysis) is 1. The maximum atomic E-state index is 13.3. The van der Waals surface area contributed by atoms with Gasteiger partial charge in [-0.1, -0.05) is 48.5 Å². The van der Waals surface area contributed by atoms with Gasteiger partial charge in [0.1, 0.15) is 18.2 Å². The summed E-state index contributed by atoms with van der Waals surface area (Å²) in [6.45, 7) is 0.113. The van der Waals surface area contributed by atoms with Crippen LogP contribution in [0.25, 0.3) is 11.1 Å². The maximum absolute atomic E-state index is 13.3. The second-order valence-corrected chi connectivity index (χ2v) is 9.21. The van der Waals surface area contributed by atoms with Crippen molar-refractivity contribution in [2.45, 2.75) is 55.6 Å². The van der Waals surface area contributed by atoms with Gasteiger partial charge in [-0.05, 0) is 47.9 Å². The van der Waals surface area contributed by atoms with Crippen LogP contribution < -0.4 is 5.32 Å². The van der Waals surface area contributed by atoms with Gasteiger partial charge in [0.15, 0.2) is 0 Å². The Bertz CT molecular complexity index is 1150. The highest BCUT2D eigenvalue weighted by molar-refractivity contribution is 5.93. The van der Waals surface area contributed by atoms with E-state index in [0.29, 0.717) is 25.7 Å². The highest BCUT2D eigenvalue weighted by atomic mass is 16.5. The largest absolute Gasteiger partial charge is 0.479 e. The first-order valence-corrected chi connectivity index (χ1v) is 11.6. The number of hydrogen-bond acceptors (Lipinski definition) is 4. The standard InChI is InChI=1S/C27H26N2O5/c1-2-7-23(24(30)29-17-12-14-27(29,15-13-17)25(31)32)28-26(33)34-16-22-20-10-5-3-8-18(20)19-9-4-6-11-21(19)22/h1,3-6,8-11,17,22-23H,7,12-16H2,(H,28,33)(H,31,32). The molecule has 1 aliphatic carbocycles. The fourth-order valence-corrected chi connectivity index (χ4v) is 5.90. The molecule has 0 spiro atoms. The average Bonchev–Trinajstić information content (AvgIpc) is 3.51. The lowest BCUT2D eigenvalue weighted by molar-refractivity contribution is -0.156. The van der Waals surface area contributed by atoms with Crippen LogP contribution in [0.15, 0.2) is 48.5 Å². The van der Waals surface area contributed by atoms with Crippen LogP contribution in [0, 0.1) is 12.3 Å². The quantitative estimate of drug-likeness (QED) is 0.646. The molecule has 34 heavy (non-hydrogen) atoms. The third-order valence-corrected chi connectivity index (χ3v) is 7.50. The molecule has 7 heteroatoms. The summed E-state index contributed by atoms with van der Waals surface area (Å²) >= 11 is 0. The molecule has 2 aromatic carbocycles. The minimum Gasteiger partial charge on any atom is -0.479 e. The summed E-state index contributed by atoms with van der Waals surface area (Å²) < 4.78 is 5.57. The molecule has 2 amide bonds. The lowest BCUT2D eigenvalue weighted by Gasteiger charge is -2.33. The van der Waals surface area contributed by atoms with Crippen molar-refractivity contribution >= 4 is 18.0 Å². The summed E-state index contributed by atoms with van der Waals surface area (Å²) in [6.07, 6.45) is 6.82. The van der Waals surface area contributed by atoms with Gasteiger partial charge in [-0.2, -0.15) is 0 Å². The highest BCUT2D eigenvalue weighted by Gasteiger charge is 2.59. The molecule has 2 bridgehead atoms. The van der Waals surface area contributed by atoms with Gasteiger partial charge in [-0.3, -0.25) is 4.79 Å². The van der Waals surface area contributed by atoms with Crippen molar-refractivity contribution in [1.82, 2.24) is 10.2 Å². The third-order valence-electron chi connectivity index (χ3n) is 7.50. The van der Waals surface area contributed by atoms with Gasteiger partial charge in [0.05, 0.1) is 0 Å². The number of terminal acetylenes is 1. The molecule has 2 fully saturated rings. The number of ether oxygens (including phenoxy) is 1. The van der Waals surface area contributed by atoms with Crippen LogP contribution in [0.2, 0.25) is 0 Å². The molecule has 2 saturated heterocycles. The Hall–Kier alpha value is -3.79.